The predicted octanol–water partition coefficient (Wildman–Crippen LogP) is 0.137. The van der Waals surface area contributed by atoms with Crippen molar-refractivity contribution in [2.45, 2.75) is 25.4 Å². The molecule has 20 heavy (non-hydrogen) atoms. The second-order valence-corrected chi connectivity index (χ2v) is 5.18. The number of amides is 1. The molecule has 6 nitrogen and oxygen atoms in total. The number of piperidine rings is 1. The maximum atomic E-state index is 10.8. The number of hydrogen-bond acceptors (Lipinski definition) is 5. The number of nitrogens with one attached hydrogen (secondary N) is 1. The number of aromatic hydroxyl groups is 2. The highest BCUT2D eigenvalue weighted by Gasteiger charge is 2.20. The van der Waals surface area contributed by atoms with E-state index in [1.165, 1.54) is 6.07 Å². The van der Waals surface area contributed by atoms with E-state index < -0.39 is 0 Å². The van der Waals surface area contributed by atoms with E-state index in [9.17, 15) is 15.0 Å². The van der Waals surface area contributed by atoms with Gasteiger partial charge in [0.05, 0.1) is 6.54 Å². The molecule has 0 radical (unpaired) electrons. The number of benzene rings is 1. The number of likely N-dealkylation sites (tertiary alicyclic amines) is 1. The smallest absolute Gasteiger partial charge is 0.231 e. The summed E-state index contributed by atoms with van der Waals surface area (Å²) in [7, 11) is 0. The summed E-state index contributed by atoms with van der Waals surface area (Å²) in [6.07, 6.45) is 1.87. The van der Waals surface area contributed by atoms with Crippen LogP contribution in [0.1, 0.15) is 18.4 Å². The third kappa shape index (κ3) is 3.85. The number of carbonyl (C=O) groups excluding carboxylic acids is 1. The van der Waals surface area contributed by atoms with Crippen LogP contribution in [-0.4, -0.2) is 46.7 Å². The number of carbonyl (C=O) groups is 1. The van der Waals surface area contributed by atoms with Crippen molar-refractivity contribution in [1.29, 1.82) is 0 Å². The molecule has 1 amide bonds. The molecule has 0 unspecified atom stereocenters. The minimum atomic E-state index is -0.291. The van der Waals surface area contributed by atoms with Crippen molar-refractivity contribution in [1.82, 2.24) is 10.2 Å². The summed E-state index contributed by atoms with van der Waals surface area (Å²) in [6.45, 7) is 2.51. The number of nitrogens with zero attached hydrogens (tertiary/aromatic N) is 1. The Morgan fingerprint density at radius 2 is 2.05 bits per heavy atom. The summed E-state index contributed by atoms with van der Waals surface area (Å²) in [6, 6.07) is 5.30. The molecule has 0 atom stereocenters. The van der Waals surface area contributed by atoms with Crippen molar-refractivity contribution in [3.05, 3.63) is 23.8 Å². The first kappa shape index (κ1) is 14.6. The zero-order chi connectivity index (χ0) is 14.5. The number of hydrogen-bond donors (Lipinski definition) is 4. The van der Waals surface area contributed by atoms with Crippen LogP contribution >= 0.6 is 0 Å². The van der Waals surface area contributed by atoms with Crippen LogP contribution in [0, 0.1) is 0 Å². The topological polar surface area (TPSA) is 98.8 Å². The Labute approximate surface area is 118 Å². The van der Waals surface area contributed by atoms with Crippen LogP contribution in [0.15, 0.2) is 18.2 Å². The molecule has 2 rings (SSSR count). The Bertz CT molecular complexity index is 471. The molecule has 110 valence electrons. The first-order chi connectivity index (χ1) is 9.56. The van der Waals surface area contributed by atoms with Gasteiger partial charge in [-0.15, -0.1) is 0 Å². The molecule has 0 aliphatic carbocycles. The summed E-state index contributed by atoms with van der Waals surface area (Å²) in [5.74, 6) is -0.451. The van der Waals surface area contributed by atoms with Gasteiger partial charge in [-0.2, -0.15) is 0 Å². The molecule has 1 fully saturated rings. The van der Waals surface area contributed by atoms with Gasteiger partial charge in [-0.05, 0) is 18.9 Å². The lowest BCUT2D eigenvalue weighted by atomic mass is 10.0. The van der Waals surface area contributed by atoms with E-state index in [0.29, 0.717) is 24.7 Å². The maximum Gasteiger partial charge on any atom is 0.231 e. The third-order valence-corrected chi connectivity index (χ3v) is 3.65. The van der Waals surface area contributed by atoms with Gasteiger partial charge in [0.2, 0.25) is 5.91 Å². The minimum absolute atomic E-state index is 0.0637. The average Bonchev–Trinajstić information content (AvgIpc) is 2.41. The van der Waals surface area contributed by atoms with E-state index >= 15 is 0 Å². The van der Waals surface area contributed by atoms with Crippen LogP contribution in [0.5, 0.6) is 11.5 Å². The summed E-state index contributed by atoms with van der Waals surface area (Å²) < 4.78 is 0. The lowest BCUT2D eigenvalue weighted by Gasteiger charge is -2.31. The van der Waals surface area contributed by atoms with Crippen LogP contribution < -0.4 is 11.1 Å². The Morgan fingerprint density at radius 3 is 2.70 bits per heavy atom. The van der Waals surface area contributed by atoms with Crippen LogP contribution in [0.25, 0.3) is 0 Å². The Morgan fingerprint density at radius 1 is 1.35 bits per heavy atom. The SMILES string of the molecule is NC(=O)CN1CCC(NCc2cccc(O)c2O)CC1. The van der Waals surface area contributed by atoms with E-state index in [2.05, 4.69) is 5.32 Å². The number of phenolic OH excluding ortho intramolecular Hbond substituents is 2. The van der Waals surface area contributed by atoms with E-state index in [0.717, 1.165) is 25.9 Å². The molecule has 5 N–H and O–H groups in total. The van der Waals surface area contributed by atoms with Gasteiger partial charge in [-0.25, -0.2) is 0 Å². The number of nitrogens with two attached hydrogens (primary N) is 1. The number of para-hydroxylation sites is 1. The highest BCUT2D eigenvalue weighted by atomic mass is 16.3. The average molecular weight is 279 g/mol. The van der Waals surface area contributed by atoms with Gasteiger partial charge in [-0.1, -0.05) is 12.1 Å². The first-order valence-electron chi connectivity index (χ1n) is 6.80. The van der Waals surface area contributed by atoms with Crippen molar-refractivity contribution in [3.8, 4) is 11.5 Å². The molecular formula is C14H21N3O3. The second-order valence-electron chi connectivity index (χ2n) is 5.18. The lowest BCUT2D eigenvalue weighted by molar-refractivity contribution is -0.119. The van der Waals surface area contributed by atoms with Gasteiger partial charge in [-0.3, -0.25) is 9.69 Å². The molecule has 6 heteroatoms. The molecule has 1 aromatic carbocycles. The van der Waals surface area contributed by atoms with E-state index in [1.807, 2.05) is 4.90 Å². The number of primary amides is 1. The molecule has 1 heterocycles. The third-order valence-electron chi connectivity index (χ3n) is 3.65. The first-order valence-corrected chi connectivity index (χ1v) is 6.80. The second kappa shape index (κ2) is 6.58. The van der Waals surface area contributed by atoms with E-state index in [1.54, 1.807) is 12.1 Å². The van der Waals surface area contributed by atoms with Crippen LogP contribution in [0.2, 0.25) is 0 Å². The van der Waals surface area contributed by atoms with Crippen molar-refractivity contribution in [2.24, 2.45) is 5.73 Å². The maximum absolute atomic E-state index is 10.8. The molecule has 0 bridgehead atoms. The molecule has 1 aliphatic heterocycles. The normalized spacial score (nSPS) is 17.2. The lowest BCUT2D eigenvalue weighted by Crippen LogP contribution is -2.45. The van der Waals surface area contributed by atoms with Crippen molar-refractivity contribution < 1.29 is 15.0 Å². The Balaban J connectivity index is 1.79. The summed E-state index contributed by atoms with van der Waals surface area (Å²) in [5.41, 5.74) is 5.86. The van der Waals surface area contributed by atoms with Crippen LogP contribution in [0.4, 0.5) is 0 Å². The molecular weight excluding hydrogens is 258 g/mol. The van der Waals surface area contributed by atoms with E-state index in [4.69, 9.17) is 5.73 Å². The predicted molar refractivity (Wildman–Crippen MR) is 75.3 cm³/mol. The van der Waals surface area contributed by atoms with Gasteiger partial charge < -0.3 is 21.3 Å². The van der Waals surface area contributed by atoms with Crippen molar-refractivity contribution in [2.75, 3.05) is 19.6 Å². The molecule has 1 saturated heterocycles. The van der Waals surface area contributed by atoms with Gasteiger partial charge in [0, 0.05) is 31.2 Å². The highest BCUT2D eigenvalue weighted by molar-refractivity contribution is 5.75. The van der Waals surface area contributed by atoms with Gasteiger partial charge in [0.1, 0.15) is 0 Å². The number of phenols is 2. The molecule has 0 aromatic heterocycles. The number of rotatable bonds is 5. The molecule has 1 aromatic rings. The zero-order valence-corrected chi connectivity index (χ0v) is 11.4. The van der Waals surface area contributed by atoms with Crippen LogP contribution in [-0.2, 0) is 11.3 Å². The van der Waals surface area contributed by atoms with Gasteiger partial charge in [0.15, 0.2) is 11.5 Å². The monoisotopic (exact) mass is 279 g/mol. The highest BCUT2D eigenvalue weighted by Crippen LogP contribution is 2.28. The summed E-state index contributed by atoms with van der Waals surface area (Å²) in [5, 5.41) is 22.5. The van der Waals surface area contributed by atoms with E-state index in [-0.39, 0.29) is 17.4 Å². The fraction of sp³-hybridized carbons (Fsp3) is 0.500. The molecule has 0 spiro atoms. The fourth-order valence-electron chi connectivity index (χ4n) is 2.49. The molecule has 1 aliphatic rings. The summed E-state index contributed by atoms with van der Waals surface area (Å²) >= 11 is 0. The largest absolute Gasteiger partial charge is 0.504 e. The van der Waals surface area contributed by atoms with Gasteiger partial charge >= 0.3 is 0 Å². The Kier molecular flexibility index (Phi) is 4.81. The quantitative estimate of drug-likeness (QED) is 0.575. The van der Waals surface area contributed by atoms with Crippen LogP contribution in [0.3, 0.4) is 0 Å². The minimum Gasteiger partial charge on any atom is -0.504 e. The van der Waals surface area contributed by atoms with Crippen molar-refractivity contribution >= 4 is 5.91 Å². The zero-order valence-electron chi connectivity index (χ0n) is 11.4. The summed E-state index contributed by atoms with van der Waals surface area (Å²) in [4.78, 5) is 12.9. The standard InChI is InChI=1S/C14H21N3O3/c15-13(19)9-17-6-4-11(5-7-17)16-8-10-2-1-3-12(18)14(10)20/h1-3,11,16,18,20H,4-9H2,(H2,15,19). The Hall–Kier alpha value is -1.79. The fourth-order valence-corrected chi connectivity index (χ4v) is 2.49. The molecule has 0 saturated carbocycles. The van der Waals surface area contributed by atoms with Gasteiger partial charge in [0.25, 0.3) is 0 Å². The van der Waals surface area contributed by atoms with Crippen molar-refractivity contribution in [3.63, 3.8) is 0 Å².